The second-order valence-electron chi connectivity index (χ2n) is 6.34. The van der Waals surface area contributed by atoms with E-state index in [9.17, 15) is 9.59 Å². The summed E-state index contributed by atoms with van der Waals surface area (Å²) in [7, 11) is 1.80. The van der Waals surface area contributed by atoms with Gasteiger partial charge in [0.05, 0.1) is 0 Å². The number of pyridine rings is 1. The number of aromatic nitrogens is 1. The number of aryl methyl sites for hydroxylation is 1. The smallest absolute Gasteiger partial charge is 0.270 e. The lowest BCUT2D eigenvalue weighted by atomic mass is 10.1. The van der Waals surface area contributed by atoms with Crippen molar-refractivity contribution < 1.29 is 9.53 Å². The topological polar surface area (TPSA) is 51.5 Å². The summed E-state index contributed by atoms with van der Waals surface area (Å²) in [5.41, 5.74) is 1.06. The first-order valence-corrected chi connectivity index (χ1v) is 8.71. The van der Waals surface area contributed by atoms with Gasteiger partial charge in [-0.05, 0) is 25.1 Å². The Labute approximate surface area is 151 Å². The molecule has 25 heavy (non-hydrogen) atoms. The van der Waals surface area contributed by atoms with Gasteiger partial charge in [-0.25, -0.2) is 0 Å². The maximum Gasteiger partial charge on any atom is 0.270 e. The average molecular weight is 361 g/mol. The van der Waals surface area contributed by atoms with Crippen LogP contribution in [0.15, 0.2) is 41.2 Å². The highest BCUT2D eigenvalue weighted by Gasteiger charge is 2.26. The minimum Gasteiger partial charge on any atom is -0.490 e. The van der Waals surface area contributed by atoms with E-state index in [0.29, 0.717) is 23.8 Å². The summed E-state index contributed by atoms with van der Waals surface area (Å²) < 4.78 is 7.72. The predicted octanol–water partition coefficient (Wildman–Crippen LogP) is 3.03. The monoisotopic (exact) mass is 360 g/mol. The van der Waals surface area contributed by atoms with Gasteiger partial charge in [-0.3, -0.25) is 9.59 Å². The van der Waals surface area contributed by atoms with Crippen LogP contribution in [0.5, 0.6) is 5.75 Å². The number of ether oxygens (including phenoxy) is 1. The van der Waals surface area contributed by atoms with Crippen LogP contribution in [-0.2, 0) is 7.05 Å². The quantitative estimate of drug-likeness (QED) is 0.845. The molecule has 132 valence electrons. The fourth-order valence-electron chi connectivity index (χ4n) is 3.04. The summed E-state index contributed by atoms with van der Waals surface area (Å²) in [6.07, 6.45) is 1.56. The number of carbonyl (C=O) groups excluding carboxylic acids is 1. The Hall–Kier alpha value is -2.27. The molecule has 1 fully saturated rings. The third-order valence-electron chi connectivity index (χ3n) is 4.57. The second kappa shape index (κ2) is 7.31. The lowest BCUT2D eigenvalue weighted by Crippen LogP contribution is -2.43. The van der Waals surface area contributed by atoms with Crippen LogP contribution in [0.1, 0.15) is 29.0 Å². The molecule has 0 radical (unpaired) electrons. The molecule has 0 atom stereocenters. The van der Waals surface area contributed by atoms with Crippen LogP contribution < -0.4 is 10.2 Å². The van der Waals surface area contributed by atoms with Gasteiger partial charge in [0.15, 0.2) is 5.43 Å². The van der Waals surface area contributed by atoms with E-state index < -0.39 is 0 Å². The fourth-order valence-corrected chi connectivity index (χ4v) is 3.22. The van der Waals surface area contributed by atoms with Crippen molar-refractivity contribution in [1.29, 1.82) is 0 Å². The van der Waals surface area contributed by atoms with Gasteiger partial charge in [-0.1, -0.05) is 17.7 Å². The third-order valence-corrected chi connectivity index (χ3v) is 4.80. The molecule has 1 saturated heterocycles. The van der Waals surface area contributed by atoms with E-state index in [2.05, 4.69) is 0 Å². The van der Waals surface area contributed by atoms with Gasteiger partial charge in [-0.2, -0.15) is 0 Å². The zero-order chi connectivity index (χ0) is 18.0. The molecule has 5 nitrogen and oxygen atoms in total. The van der Waals surface area contributed by atoms with Crippen LogP contribution >= 0.6 is 11.6 Å². The van der Waals surface area contributed by atoms with Crippen molar-refractivity contribution in [3.63, 3.8) is 0 Å². The zero-order valence-corrected chi connectivity index (χ0v) is 15.1. The number of rotatable bonds is 3. The maximum absolute atomic E-state index is 12.7. The SMILES string of the molecule is Cc1cc(=O)cc(C(=O)N2CCC(Oc3cccc(Cl)c3)CC2)n1C. The predicted molar refractivity (Wildman–Crippen MR) is 97.4 cm³/mol. The van der Waals surface area contributed by atoms with Crippen molar-refractivity contribution >= 4 is 17.5 Å². The molecule has 0 saturated carbocycles. The summed E-state index contributed by atoms with van der Waals surface area (Å²) in [5, 5.41) is 0.644. The number of amides is 1. The standard InChI is InChI=1S/C19H21ClN2O3/c1-13-10-15(23)12-18(21(13)2)19(24)22-8-6-16(7-9-22)25-17-5-3-4-14(20)11-17/h3-5,10-12,16H,6-9H2,1-2H3. The van der Waals surface area contributed by atoms with Crippen LogP contribution in [-0.4, -0.2) is 34.6 Å². The fraction of sp³-hybridized carbons (Fsp3) is 0.368. The summed E-state index contributed by atoms with van der Waals surface area (Å²) in [5.74, 6) is 0.642. The van der Waals surface area contributed by atoms with E-state index in [1.54, 1.807) is 22.6 Å². The highest BCUT2D eigenvalue weighted by molar-refractivity contribution is 6.30. The van der Waals surface area contributed by atoms with E-state index in [1.165, 1.54) is 12.1 Å². The highest BCUT2D eigenvalue weighted by Crippen LogP contribution is 2.22. The molecule has 1 aromatic carbocycles. The Balaban J connectivity index is 1.64. The Kier molecular flexibility index (Phi) is 5.13. The van der Waals surface area contributed by atoms with Gasteiger partial charge in [0.1, 0.15) is 17.5 Å². The summed E-state index contributed by atoms with van der Waals surface area (Å²) >= 11 is 5.97. The number of likely N-dealkylation sites (tertiary alicyclic amines) is 1. The summed E-state index contributed by atoms with van der Waals surface area (Å²) in [4.78, 5) is 26.2. The van der Waals surface area contributed by atoms with Gasteiger partial charge in [0.2, 0.25) is 0 Å². The molecule has 2 heterocycles. The van der Waals surface area contributed by atoms with Gasteiger partial charge >= 0.3 is 0 Å². The Morgan fingerprint density at radius 1 is 1.20 bits per heavy atom. The van der Waals surface area contributed by atoms with Crippen LogP contribution in [0.4, 0.5) is 0 Å². The van der Waals surface area contributed by atoms with Crippen LogP contribution in [0, 0.1) is 6.92 Å². The number of hydrogen-bond acceptors (Lipinski definition) is 3. The molecule has 1 aliphatic heterocycles. The van der Waals surface area contributed by atoms with Crippen LogP contribution in [0.25, 0.3) is 0 Å². The molecule has 1 amide bonds. The number of benzene rings is 1. The third kappa shape index (κ3) is 4.04. The molecule has 0 aliphatic carbocycles. The summed E-state index contributed by atoms with van der Waals surface area (Å²) in [6.45, 7) is 3.03. The van der Waals surface area contributed by atoms with E-state index >= 15 is 0 Å². The van der Waals surface area contributed by atoms with Crippen LogP contribution in [0.3, 0.4) is 0 Å². The first kappa shape index (κ1) is 17.5. The summed E-state index contributed by atoms with van der Waals surface area (Å²) in [6, 6.07) is 10.3. The molecule has 0 unspecified atom stereocenters. The van der Waals surface area contributed by atoms with E-state index in [4.69, 9.17) is 16.3 Å². The van der Waals surface area contributed by atoms with Crippen molar-refractivity contribution in [2.75, 3.05) is 13.1 Å². The first-order valence-electron chi connectivity index (χ1n) is 8.33. The minimum atomic E-state index is -0.141. The molecule has 0 spiro atoms. The molecule has 3 rings (SSSR count). The lowest BCUT2D eigenvalue weighted by molar-refractivity contribution is 0.0585. The van der Waals surface area contributed by atoms with Gasteiger partial charge in [0.25, 0.3) is 5.91 Å². The second-order valence-corrected chi connectivity index (χ2v) is 6.78. The van der Waals surface area contributed by atoms with Crippen molar-refractivity contribution in [3.8, 4) is 5.75 Å². The number of nitrogens with zero attached hydrogens (tertiary/aromatic N) is 2. The number of hydrogen-bond donors (Lipinski definition) is 0. The Morgan fingerprint density at radius 2 is 1.92 bits per heavy atom. The highest BCUT2D eigenvalue weighted by atomic mass is 35.5. The number of piperidine rings is 1. The maximum atomic E-state index is 12.7. The zero-order valence-electron chi connectivity index (χ0n) is 14.4. The van der Waals surface area contributed by atoms with E-state index in [0.717, 1.165) is 24.3 Å². The van der Waals surface area contributed by atoms with Crippen molar-refractivity contribution in [3.05, 3.63) is 63.0 Å². The van der Waals surface area contributed by atoms with Gasteiger partial charge in [-0.15, -0.1) is 0 Å². The first-order chi connectivity index (χ1) is 11.9. The van der Waals surface area contributed by atoms with Crippen molar-refractivity contribution in [2.45, 2.75) is 25.9 Å². The largest absolute Gasteiger partial charge is 0.490 e. The number of carbonyl (C=O) groups is 1. The Bertz CT molecular complexity index is 839. The Morgan fingerprint density at radius 3 is 2.60 bits per heavy atom. The van der Waals surface area contributed by atoms with Crippen molar-refractivity contribution in [2.24, 2.45) is 7.05 Å². The van der Waals surface area contributed by atoms with E-state index in [-0.39, 0.29) is 17.4 Å². The number of halogens is 1. The molecular weight excluding hydrogens is 340 g/mol. The molecule has 0 N–H and O–H groups in total. The minimum absolute atomic E-state index is 0.0591. The molecule has 1 aliphatic rings. The van der Waals surface area contributed by atoms with Gasteiger partial charge in [0, 0.05) is 55.8 Å². The van der Waals surface area contributed by atoms with Crippen LogP contribution in [0.2, 0.25) is 5.02 Å². The van der Waals surface area contributed by atoms with Crippen molar-refractivity contribution in [1.82, 2.24) is 9.47 Å². The molecule has 2 aromatic rings. The van der Waals surface area contributed by atoms with E-state index in [1.807, 2.05) is 25.1 Å². The molecular formula is C19H21ClN2O3. The van der Waals surface area contributed by atoms with Gasteiger partial charge < -0.3 is 14.2 Å². The molecule has 6 heteroatoms. The average Bonchev–Trinajstić information content (AvgIpc) is 2.58. The normalized spacial score (nSPS) is 15.2. The lowest BCUT2D eigenvalue weighted by Gasteiger charge is -2.32. The molecule has 0 bridgehead atoms. The molecule has 1 aromatic heterocycles.